The quantitative estimate of drug-likeness (QED) is 0.349. The highest BCUT2D eigenvalue weighted by atomic mass is 127. The number of carbonyl (C=O) groups is 1. The van der Waals surface area contributed by atoms with Gasteiger partial charge in [-0.2, -0.15) is 0 Å². The summed E-state index contributed by atoms with van der Waals surface area (Å²) >= 11 is 1.77. The second-order valence-electron chi connectivity index (χ2n) is 7.06. The molecule has 1 amide bonds. The molecule has 29 heavy (non-hydrogen) atoms. The summed E-state index contributed by atoms with van der Waals surface area (Å²) in [5.74, 6) is 0.531. The molecule has 0 saturated carbocycles. The Hall–Kier alpha value is -1.68. The Labute approximate surface area is 192 Å². The molecule has 2 aromatic rings. The van der Waals surface area contributed by atoms with Crippen molar-refractivity contribution in [2.24, 2.45) is 4.99 Å². The Bertz CT molecular complexity index is 870. The summed E-state index contributed by atoms with van der Waals surface area (Å²) in [5.41, 5.74) is 2.75. The first-order chi connectivity index (χ1) is 13.5. The van der Waals surface area contributed by atoms with Crippen LogP contribution in [0.3, 0.4) is 0 Å². The molecular weight excluding hydrogens is 502 g/mol. The topological polar surface area (TPSA) is 56.7 Å². The number of rotatable bonds is 5. The molecule has 5 nitrogen and oxygen atoms in total. The molecule has 158 valence electrons. The molecule has 0 fully saturated rings. The predicted molar refractivity (Wildman–Crippen MR) is 128 cm³/mol. The molecule has 0 spiro atoms. The van der Waals surface area contributed by atoms with E-state index in [-0.39, 0.29) is 41.7 Å². The van der Waals surface area contributed by atoms with Crippen molar-refractivity contribution in [1.82, 2.24) is 15.5 Å². The summed E-state index contributed by atoms with van der Waals surface area (Å²) in [6.07, 6.45) is 1.35. The Kier molecular flexibility index (Phi) is 8.88. The van der Waals surface area contributed by atoms with Gasteiger partial charge in [0.05, 0.1) is 6.04 Å². The van der Waals surface area contributed by atoms with Gasteiger partial charge in [0, 0.05) is 38.0 Å². The van der Waals surface area contributed by atoms with Crippen molar-refractivity contribution in [2.45, 2.75) is 39.3 Å². The minimum absolute atomic E-state index is 0. The lowest BCUT2D eigenvalue weighted by Gasteiger charge is -2.27. The SMILES string of the molecule is CN=C(NCCC(=O)N1CCc2sccc2C1)NC(C)c1ccc(C)c(F)c1.I. The van der Waals surface area contributed by atoms with Crippen LogP contribution in [0.2, 0.25) is 0 Å². The smallest absolute Gasteiger partial charge is 0.224 e. The lowest BCUT2D eigenvalue weighted by molar-refractivity contribution is -0.131. The van der Waals surface area contributed by atoms with Gasteiger partial charge in [-0.15, -0.1) is 35.3 Å². The van der Waals surface area contributed by atoms with Crippen molar-refractivity contribution in [3.05, 3.63) is 57.0 Å². The van der Waals surface area contributed by atoms with Gasteiger partial charge in [0.15, 0.2) is 5.96 Å². The number of carbonyl (C=O) groups excluding carboxylic acids is 1. The molecule has 1 aromatic heterocycles. The second kappa shape index (κ2) is 10.9. The van der Waals surface area contributed by atoms with Gasteiger partial charge in [-0.25, -0.2) is 4.39 Å². The lowest BCUT2D eigenvalue weighted by Crippen LogP contribution is -2.41. The van der Waals surface area contributed by atoms with Crippen LogP contribution < -0.4 is 10.6 Å². The molecule has 1 aliphatic heterocycles. The average molecular weight is 530 g/mol. The molecule has 0 bridgehead atoms. The first-order valence-electron chi connectivity index (χ1n) is 9.54. The van der Waals surface area contributed by atoms with E-state index in [0.717, 1.165) is 18.5 Å². The Balaban J connectivity index is 0.00000300. The fraction of sp³-hybridized carbons (Fsp3) is 0.429. The van der Waals surface area contributed by atoms with E-state index in [0.29, 0.717) is 31.0 Å². The third-order valence-electron chi connectivity index (χ3n) is 5.06. The van der Waals surface area contributed by atoms with E-state index < -0.39 is 0 Å². The van der Waals surface area contributed by atoms with Crippen molar-refractivity contribution < 1.29 is 9.18 Å². The third-order valence-corrected chi connectivity index (χ3v) is 6.09. The number of benzene rings is 1. The van der Waals surface area contributed by atoms with E-state index in [1.165, 1.54) is 10.4 Å². The molecule has 1 aliphatic rings. The predicted octanol–water partition coefficient (Wildman–Crippen LogP) is 4.01. The van der Waals surface area contributed by atoms with E-state index in [1.807, 2.05) is 17.9 Å². The normalized spacial score (nSPS) is 14.6. The van der Waals surface area contributed by atoms with Crippen molar-refractivity contribution >= 4 is 47.2 Å². The summed E-state index contributed by atoms with van der Waals surface area (Å²) in [6.45, 7) is 5.70. The molecule has 2 N–H and O–H groups in total. The van der Waals surface area contributed by atoms with Gasteiger partial charge in [-0.3, -0.25) is 9.79 Å². The molecule has 8 heteroatoms. The molecule has 1 aromatic carbocycles. The fourth-order valence-electron chi connectivity index (χ4n) is 3.27. The van der Waals surface area contributed by atoms with Gasteiger partial charge >= 0.3 is 0 Å². The summed E-state index contributed by atoms with van der Waals surface area (Å²) in [6, 6.07) is 7.23. The Morgan fingerprint density at radius 2 is 2.17 bits per heavy atom. The number of hydrogen-bond acceptors (Lipinski definition) is 3. The molecule has 0 aliphatic carbocycles. The van der Waals surface area contributed by atoms with Crippen LogP contribution in [0.25, 0.3) is 0 Å². The number of guanidine groups is 1. The van der Waals surface area contributed by atoms with Crippen LogP contribution in [0, 0.1) is 12.7 Å². The molecule has 3 rings (SSSR count). The van der Waals surface area contributed by atoms with Crippen LogP contribution in [0.15, 0.2) is 34.6 Å². The summed E-state index contributed by atoms with van der Waals surface area (Å²) in [5, 5.41) is 8.52. The number of thiophene rings is 1. The highest BCUT2D eigenvalue weighted by Crippen LogP contribution is 2.24. The number of aliphatic imine (C=N–C) groups is 1. The van der Waals surface area contributed by atoms with Gasteiger partial charge in [-0.05, 0) is 54.5 Å². The van der Waals surface area contributed by atoms with Gasteiger partial charge in [0.1, 0.15) is 5.82 Å². The van der Waals surface area contributed by atoms with Crippen molar-refractivity contribution in [3.8, 4) is 0 Å². The van der Waals surface area contributed by atoms with Crippen molar-refractivity contribution in [2.75, 3.05) is 20.1 Å². The highest BCUT2D eigenvalue weighted by molar-refractivity contribution is 14.0. The van der Waals surface area contributed by atoms with Crippen molar-refractivity contribution in [3.63, 3.8) is 0 Å². The molecule has 1 atom stereocenters. The molecular formula is C21H28FIN4OS. The zero-order chi connectivity index (χ0) is 20.1. The van der Waals surface area contributed by atoms with Gasteiger partial charge in [0.2, 0.25) is 5.91 Å². The fourth-order valence-corrected chi connectivity index (χ4v) is 4.16. The molecule has 0 saturated heterocycles. The number of nitrogens with one attached hydrogen (secondary N) is 2. The number of fused-ring (bicyclic) bond motifs is 1. The standard InChI is InChI=1S/C21H27FN4OS.HI/c1-14-4-5-16(12-18(14)22)15(2)25-21(23-3)24-9-6-20(27)26-10-7-19-17(13-26)8-11-28-19;/h4-5,8,11-12,15H,6-7,9-10,13H2,1-3H3,(H2,23,24,25);1H. The van der Waals surface area contributed by atoms with E-state index in [9.17, 15) is 9.18 Å². The molecule has 1 unspecified atom stereocenters. The minimum Gasteiger partial charge on any atom is -0.356 e. The number of amides is 1. The summed E-state index contributed by atoms with van der Waals surface area (Å²) in [4.78, 5) is 20.0. The van der Waals surface area contributed by atoms with E-state index in [4.69, 9.17) is 0 Å². The van der Waals surface area contributed by atoms with Crippen LogP contribution in [0.4, 0.5) is 4.39 Å². The number of aryl methyl sites for hydroxylation is 1. The molecule has 2 heterocycles. The average Bonchev–Trinajstić information content (AvgIpc) is 3.16. The number of halogens is 2. The van der Waals surface area contributed by atoms with E-state index in [2.05, 4.69) is 27.1 Å². The maximum atomic E-state index is 13.8. The number of nitrogens with zero attached hydrogens (tertiary/aromatic N) is 2. The third kappa shape index (κ3) is 6.15. The largest absolute Gasteiger partial charge is 0.356 e. The van der Waals surface area contributed by atoms with Crippen LogP contribution in [-0.4, -0.2) is 36.9 Å². The Morgan fingerprint density at radius 3 is 2.90 bits per heavy atom. The maximum Gasteiger partial charge on any atom is 0.224 e. The van der Waals surface area contributed by atoms with Crippen LogP contribution in [0.1, 0.15) is 41.0 Å². The van der Waals surface area contributed by atoms with Crippen LogP contribution >= 0.6 is 35.3 Å². The number of hydrogen-bond donors (Lipinski definition) is 2. The minimum atomic E-state index is -0.213. The summed E-state index contributed by atoms with van der Waals surface area (Å²) < 4.78 is 13.8. The highest BCUT2D eigenvalue weighted by Gasteiger charge is 2.21. The lowest BCUT2D eigenvalue weighted by atomic mass is 10.1. The zero-order valence-electron chi connectivity index (χ0n) is 17.0. The second-order valence-corrected chi connectivity index (χ2v) is 8.06. The van der Waals surface area contributed by atoms with Gasteiger partial charge in [0.25, 0.3) is 0 Å². The monoisotopic (exact) mass is 530 g/mol. The van der Waals surface area contributed by atoms with E-state index >= 15 is 0 Å². The van der Waals surface area contributed by atoms with Crippen LogP contribution in [-0.2, 0) is 17.8 Å². The molecule has 0 radical (unpaired) electrons. The van der Waals surface area contributed by atoms with Gasteiger partial charge < -0.3 is 15.5 Å². The van der Waals surface area contributed by atoms with E-state index in [1.54, 1.807) is 37.4 Å². The Morgan fingerprint density at radius 1 is 1.38 bits per heavy atom. The first kappa shape index (κ1) is 23.6. The van der Waals surface area contributed by atoms with Crippen LogP contribution in [0.5, 0.6) is 0 Å². The first-order valence-corrected chi connectivity index (χ1v) is 10.4. The maximum absolute atomic E-state index is 13.8. The summed E-state index contributed by atoms with van der Waals surface area (Å²) in [7, 11) is 1.68. The van der Waals surface area contributed by atoms with Gasteiger partial charge in [-0.1, -0.05) is 12.1 Å². The van der Waals surface area contributed by atoms with Crippen molar-refractivity contribution in [1.29, 1.82) is 0 Å². The zero-order valence-corrected chi connectivity index (χ0v) is 20.1.